The van der Waals surface area contributed by atoms with E-state index in [1.165, 1.54) is 0 Å². The van der Waals surface area contributed by atoms with Gasteiger partial charge in [-0.25, -0.2) is 0 Å². The SMILES string of the molecule is ISCN1CCOCC1. The van der Waals surface area contributed by atoms with Crippen molar-refractivity contribution in [1.29, 1.82) is 0 Å². The molecule has 0 saturated carbocycles. The molecule has 0 aromatic rings. The van der Waals surface area contributed by atoms with Gasteiger partial charge in [0.2, 0.25) is 0 Å². The Morgan fingerprint density at radius 3 is 2.67 bits per heavy atom. The molecule has 0 atom stereocenters. The third-order valence-corrected chi connectivity index (χ3v) is 2.63. The highest BCUT2D eigenvalue weighted by molar-refractivity contribution is 14.2. The molecular formula is C5H10INOS. The summed E-state index contributed by atoms with van der Waals surface area (Å²) in [6.45, 7) is 4.04. The van der Waals surface area contributed by atoms with E-state index >= 15 is 0 Å². The van der Waals surface area contributed by atoms with Crippen LogP contribution in [0, 0.1) is 0 Å². The lowest BCUT2D eigenvalue weighted by Gasteiger charge is -2.24. The van der Waals surface area contributed by atoms with Crippen molar-refractivity contribution in [2.45, 2.75) is 0 Å². The van der Waals surface area contributed by atoms with Crippen molar-refractivity contribution in [3.63, 3.8) is 0 Å². The highest BCUT2D eigenvalue weighted by atomic mass is 127. The molecule has 0 aromatic heterocycles. The third kappa shape index (κ3) is 3.06. The van der Waals surface area contributed by atoms with Crippen molar-refractivity contribution < 1.29 is 4.74 Å². The summed E-state index contributed by atoms with van der Waals surface area (Å²) in [5, 5.41) is 0. The predicted molar refractivity (Wildman–Crippen MR) is 48.9 cm³/mol. The molecule has 1 heterocycles. The fraction of sp³-hybridized carbons (Fsp3) is 1.00. The first-order chi connectivity index (χ1) is 4.43. The van der Waals surface area contributed by atoms with Crippen LogP contribution in [0.15, 0.2) is 0 Å². The van der Waals surface area contributed by atoms with Gasteiger partial charge in [-0.2, -0.15) is 0 Å². The topological polar surface area (TPSA) is 12.5 Å². The van der Waals surface area contributed by atoms with E-state index < -0.39 is 0 Å². The van der Waals surface area contributed by atoms with Crippen molar-refractivity contribution in [3.05, 3.63) is 0 Å². The molecule has 0 bridgehead atoms. The first kappa shape index (κ1) is 8.10. The van der Waals surface area contributed by atoms with Gasteiger partial charge in [-0.1, -0.05) is 8.93 Å². The monoisotopic (exact) mass is 259 g/mol. The maximum Gasteiger partial charge on any atom is 0.0594 e. The van der Waals surface area contributed by atoms with E-state index in [-0.39, 0.29) is 0 Å². The second-order valence-electron chi connectivity index (χ2n) is 1.97. The van der Waals surface area contributed by atoms with Crippen LogP contribution >= 0.6 is 30.1 Å². The summed E-state index contributed by atoms with van der Waals surface area (Å²) in [5.74, 6) is 1.14. The van der Waals surface area contributed by atoms with Gasteiger partial charge in [-0.3, -0.25) is 4.90 Å². The van der Waals surface area contributed by atoms with Crippen LogP contribution < -0.4 is 0 Å². The molecule has 0 amide bonds. The van der Waals surface area contributed by atoms with E-state index in [1.54, 1.807) is 0 Å². The number of morpholine rings is 1. The Kier molecular flexibility index (Phi) is 4.28. The maximum absolute atomic E-state index is 5.19. The van der Waals surface area contributed by atoms with E-state index in [0.29, 0.717) is 0 Å². The zero-order valence-corrected chi connectivity index (χ0v) is 8.15. The summed E-state index contributed by atoms with van der Waals surface area (Å²) in [4.78, 5) is 2.40. The van der Waals surface area contributed by atoms with Crippen LogP contribution in [0.2, 0.25) is 0 Å². The van der Waals surface area contributed by atoms with Gasteiger partial charge in [0.15, 0.2) is 0 Å². The van der Waals surface area contributed by atoms with Gasteiger partial charge in [0, 0.05) is 13.1 Å². The zero-order valence-electron chi connectivity index (χ0n) is 5.18. The van der Waals surface area contributed by atoms with Gasteiger partial charge in [0.05, 0.1) is 19.1 Å². The summed E-state index contributed by atoms with van der Waals surface area (Å²) >= 11 is 2.32. The van der Waals surface area contributed by atoms with Crippen molar-refractivity contribution in [1.82, 2.24) is 4.90 Å². The normalized spacial score (nSPS) is 22.3. The lowest BCUT2D eigenvalue weighted by molar-refractivity contribution is 0.0475. The fourth-order valence-electron chi connectivity index (χ4n) is 0.799. The molecule has 2 nitrogen and oxygen atoms in total. The number of ether oxygens (including phenoxy) is 1. The molecule has 0 aromatic carbocycles. The third-order valence-electron chi connectivity index (χ3n) is 1.34. The van der Waals surface area contributed by atoms with Crippen LogP contribution in [0.4, 0.5) is 0 Å². The second-order valence-corrected chi connectivity index (χ2v) is 4.31. The Hall–Kier alpha value is 1.00. The van der Waals surface area contributed by atoms with Crippen LogP contribution in [-0.4, -0.2) is 37.1 Å². The number of rotatable bonds is 2. The molecule has 0 aliphatic carbocycles. The molecule has 4 heteroatoms. The number of nitrogens with zero attached hydrogens (tertiary/aromatic N) is 1. The Bertz CT molecular complexity index is 74.6. The van der Waals surface area contributed by atoms with Gasteiger partial charge >= 0.3 is 0 Å². The zero-order chi connectivity index (χ0) is 6.53. The van der Waals surface area contributed by atoms with Crippen LogP contribution in [0.25, 0.3) is 0 Å². The van der Waals surface area contributed by atoms with Gasteiger partial charge in [0.1, 0.15) is 0 Å². The highest BCUT2D eigenvalue weighted by Crippen LogP contribution is 2.13. The smallest absolute Gasteiger partial charge is 0.0594 e. The maximum atomic E-state index is 5.19. The average Bonchev–Trinajstić information content (AvgIpc) is 1.91. The minimum atomic E-state index is 0.914. The number of hydrogen-bond donors (Lipinski definition) is 0. The molecule has 0 N–H and O–H groups in total. The molecule has 0 spiro atoms. The van der Waals surface area contributed by atoms with Gasteiger partial charge in [-0.15, -0.1) is 0 Å². The molecule has 0 radical (unpaired) electrons. The highest BCUT2D eigenvalue weighted by Gasteiger charge is 2.08. The predicted octanol–water partition coefficient (Wildman–Crippen LogP) is 1.36. The molecule has 1 aliphatic heterocycles. The number of hydrogen-bond acceptors (Lipinski definition) is 3. The van der Waals surface area contributed by atoms with Crippen molar-refractivity contribution in [2.24, 2.45) is 0 Å². The molecular weight excluding hydrogens is 249 g/mol. The lowest BCUT2D eigenvalue weighted by atomic mass is 10.5. The van der Waals surface area contributed by atoms with E-state index in [9.17, 15) is 0 Å². The van der Waals surface area contributed by atoms with Crippen LogP contribution in [0.3, 0.4) is 0 Å². The van der Waals surface area contributed by atoms with Crippen molar-refractivity contribution >= 4 is 30.1 Å². The summed E-state index contributed by atoms with van der Waals surface area (Å²) in [6.07, 6.45) is 0. The summed E-state index contributed by atoms with van der Waals surface area (Å²) in [6, 6.07) is 0. The largest absolute Gasteiger partial charge is 0.379 e. The standard InChI is InChI=1S/C5H10INOS/c6-9-5-7-1-3-8-4-2-7/h1-5H2. The van der Waals surface area contributed by atoms with Gasteiger partial charge in [0.25, 0.3) is 0 Å². The molecule has 1 rings (SSSR count). The Morgan fingerprint density at radius 1 is 1.44 bits per heavy atom. The molecule has 0 unspecified atom stereocenters. The fourth-order valence-corrected chi connectivity index (χ4v) is 2.38. The summed E-state index contributed by atoms with van der Waals surface area (Å²) in [7, 11) is 1.85. The Labute approximate surface area is 71.9 Å². The molecule has 1 fully saturated rings. The van der Waals surface area contributed by atoms with E-state index in [2.05, 4.69) is 26.1 Å². The summed E-state index contributed by atoms with van der Waals surface area (Å²) < 4.78 is 5.19. The van der Waals surface area contributed by atoms with E-state index in [0.717, 1.165) is 32.2 Å². The molecule has 1 saturated heterocycles. The summed E-state index contributed by atoms with van der Waals surface area (Å²) in [5.41, 5.74) is 0. The molecule has 54 valence electrons. The van der Waals surface area contributed by atoms with Crippen LogP contribution in [0.5, 0.6) is 0 Å². The lowest BCUT2D eigenvalue weighted by Crippen LogP contribution is -2.35. The van der Waals surface area contributed by atoms with E-state index in [1.807, 2.05) is 8.93 Å². The second kappa shape index (κ2) is 4.76. The quantitative estimate of drug-likeness (QED) is 0.695. The van der Waals surface area contributed by atoms with Crippen molar-refractivity contribution in [2.75, 3.05) is 32.2 Å². The molecule has 1 aliphatic rings. The molecule has 9 heavy (non-hydrogen) atoms. The van der Waals surface area contributed by atoms with Gasteiger partial charge in [-0.05, 0) is 21.2 Å². The van der Waals surface area contributed by atoms with E-state index in [4.69, 9.17) is 4.74 Å². The van der Waals surface area contributed by atoms with Crippen LogP contribution in [-0.2, 0) is 4.74 Å². The first-order valence-electron chi connectivity index (χ1n) is 2.97. The van der Waals surface area contributed by atoms with Crippen molar-refractivity contribution in [3.8, 4) is 0 Å². The van der Waals surface area contributed by atoms with Crippen LogP contribution in [0.1, 0.15) is 0 Å². The Morgan fingerprint density at radius 2 is 2.11 bits per heavy atom. The number of halogens is 1. The van der Waals surface area contributed by atoms with Gasteiger partial charge < -0.3 is 4.74 Å². The minimum Gasteiger partial charge on any atom is -0.379 e. The Balaban J connectivity index is 2.08. The average molecular weight is 259 g/mol. The first-order valence-corrected chi connectivity index (χ1v) is 6.50. The minimum absolute atomic E-state index is 0.914.